The Labute approximate surface area is 211 Å². The molecular weight excluding hydrogens is 440 g/mol. The Morgan fingerprint density at radius 3 is 2.42 bits per heavy atom. The lowest BCUT2D eigenvalue weighted by molar-refractivity contribution is 0.0621. The highest BCUT2D eigenvalue weighted by atomic mass is 16.1. The third kappa shape index (κ3) is 2.58. The molecule has 3 heteroatoms. The molecule has 3 atom stereocenters. The first-order chi connectivity index (χ1) is 17.8. The number of allylic oxidation sites excluding steroid dienone is 3. The number of aliphatic imine (C=N–C) groups is 1. The lowest BCUT2D eigenvalue weighted by Gasteiger charge is -2.56. The standard InChI is InChI=1S/C33H28N2O/c36-29-20-28-31(25-15-7-6-14-24(25)29)34-33-19-9-8-16-27(33)30(22-11-2-1-3-12-22)26-18-17-21-10-4-5-13-23(21)32(26)35(28)33/h1-7,10-15,20,27,30H,8-9,16-19H2/t27-,30+,33+/m1/s1. The van der Waals surface area contributed by atoms with Gasteiger partial charge in [0.1, 0.15) is 5.66 Å². The maximum Gasteiger partial charge on any atom is 0.188 e. The van der Waals surface area contributed by atoms with Crippen LogP contribution in [0.15, 0.2) is 101 Å². The molecular formula is C33H28N2O. The zero-order chi connectivity index (χ0) is 23.9. The molecule has 1 fully saturated rings. The second kappa shape index (κ2) is 7.39. The minimum absolute atomic E-state index is 0.0976. The van der Waals surface area contributed by atoms with E-state index in [1.54, 1.807) is 0 Å². The molecule has 8 rings (SSSR count). The zero-order valence-corrected chi connectivity index (χ0v) is 20.3. The summed E-state index contributed by atoms with van der Waals surface area (Å²) in [5.41, 5.74) is 10.5. The number of hydrogen-bond acceptors (Lipinski definition) is 3. The topological polar surface area (TPSA) is 32.7 Å². The molecule has 176 valence electrons. The van der Waals surface area contributed by atoms with Gasteiger partial charge in [-0.15, -0.1) is 0 Å². The van der Waals surface area contributed by atoms with Gasteiger partial charge < -0.3 is 4.90 Å². The van der Waals surface area contributed by atoms with Gasteiger partial charge in [-0.3, -0.25) is 9.79 Å². The monoisotopic (exact) mass is 468 g/mol. The highest BCUT2D eigenvalue weighted by molar-refractivity contribution is 6.27. The third-order valence-electron chi connectivity index (χ3n) is 9.20. The molecule has 1 spiro atoms. The first-order valence-corrected chi connectivity index (χ1v) is 13.4. The Hall–Kier alpha value is -3.72. The summed E-state index contributed by atoms with van der Waals surface area (Å²) in [7, 11) is 0. The Balaban J connectivity index is 1.46. The molecule has 36 heavy (non-hydrogen) atoms. The maximum absolute atomic E-state index is 13.4. The molecule has 3 aromatic carbocycles. The second-order valence-corrected chi connectivity index (χ2v) is 10.9. The molecule has 3 aliphatic carbocycles. The van der Waals surface area contributed by atoms with Crippen LogP contribution in [-0.4, -0.2) is 22.1 Å². The number of aryl methyl sites for hydroxylation is 1. The van der Waals surface area contributed by atoms with Crippen molar-refractivity contribution in [2.45, 2.75) is 50.1 Å². The van der Waals surface area contributed by atoms with Crippen LogP contribution in [0.4, 0.5) is 0 Å². The number of hydrogen-bond donors (Lipinski definition) is 0. The molecule has 0 N–H and O–H groups in total. The first-order valence-electron chi connectivity index (χ1n) is 13.4. The number of ketones is 1. The molecule has 3 aromatic rings. The summed E-state index contributed by atoms with van der Waals surface area (Å²) in [5.74, 6) is 0.835. The molecule has 0 radical (unpaired) electrons. The number of rotatable bonds is 1. The van der Waals surface area contributed by atoms with Crippen molar-refractivity contribution in [2.24, 2.45) is 10.9 Å². The number of carbonyl (C=O) groups excluding carboxylic acids is 1. The minimum Gasteiger partial charge on any atom is -0.313 e. The van der Waals surface area contributed by atoms with Crippen LogP contribution < -0.4 is 0 Å². The van der Waals surface area contributed by atoms with Crippen LogP contribution >= 0.6 is 0 Å². The van der Waals surface area contributed by atoms with Crippen molar-refractivity contribution in [1.82, 2.24) is 4.90 Å². The SMILES string of the molecule is O=C1C=C2C(=N[C@]34CCCC[C@@H]3[C@@H](c3ccccc3)C3=C(c5ccccc5CC3)N24)c2ccccc21. The number of nitrogens with zero attached hydrogens (tertiary/aromatic N) is 2. The number of benzene rings is 3. The second-order valence-electron chi connectivity index (χ2n) is 10.9. The number of carbonyl (C=O) groups is 1. The third-order valence-corrected chi connectivity index (χ3v) is 9.20. The predicted octanol–water partition coefficient (Wildman–Crippen LogP) is 6.91. The fraction of sp³-hybridized carbons (Fsp3) is 0.273. The summed E-state index contributed by atoms with van der Waals surface area (Å²) in [6, 6.07) is 28.1. The summed E-state index contributed by atoms with van der Waals surface area (Å²) in [5, 5.41) is 0. The fourth-order valence-electron chi connectivity index (χ4n) is 7.82. The van der Waals surface area contributed by atoms with E-state index < -0.39 is 0 Å². The lowest BCUT2D eigenvalue weighted by atomic mass is 9.62. The maximum atomic E-state index is 13.4. The van der Waals surface area contributed by atoms with Gasteiger partial charge in [-0.2, -0.15) is 0 Å². The van der Waals surface area contributed by atoms with Gasteiger partial charge in [0.15, 0.2) is 5.78 Å². The molecule has 1 saturated carbocycles. The highest BCUT2D eigenvalue weighted by Gasteiger charge is 2.60. The van der Waals surface area contributed by atoms with E-state index in [1.165, 1.54) is 40.8 Å². The van der Waals surface area contributed by atoms with Gasteiger partial charge in [0.05, 0.1) is 17.1 Å². The average Bonchev–Trinajstić information content (AvgIpc) is 3.26. The Morgan fingerprint density at radius 2 is 1.56 bits per heavy atom. The molecule has 2 heterocycles. The normalized spacial score (nSPS) is 27.7. The molecule has 0 unspecified atom stereocenters. The van der Waals surface area contributed by atoms with Crippen molar-refractivity contribution >= 4 is 17.2 Å². The van der Waals surface area contributed by atoms with Gasteiger partial charge in [-0.1, -0.05) is 85.3 Å². The van der Waals surface area contributed by atoms with Crippen LogP contribution in [0.5, 0.6) is 0 Å². The van der Waals surface area contributed by atoms with Crippen molar-refractivity contribution in [1.29, 1.82) is 0 Å². The van der Waals surface area contributed by atoms with Crippen LogP contribution in [0, 0.1) is 5.92 Å². The van der Waals surface area contributed by atoms with E-state index in [-0.39, 0.29) is 11.4 Å². The lowest BCUT2D eigenvalue weighted by Crippen LogP contribution is -2.55. The van der Waals surface area contributed by atoms with E-state index in [1.807, 2.05) is 24.3 Å². The molecule has 3 nitrogen and oxygen atoms in total. The quantitative estimate of drug-likeness (QED) is 0.389. The Morgan fingerprint density at radius 1 is 0.806 bits per heavy atom. The van der Waals surface area contributed by atoms with Crippen molar-refractivity contribution in [2.75, 3.05) is 0 Å². The van der Waals surface area contributed by atoms with Gasteiger partial charge in [0.2, 0.25) is 0 Å². The van der Waals surface area contributed by atoms with Crippen molar-refractivity contribution in [3.8, 4) is 0 Å². The van der Waals surface area contributed by atoms with E-state index in [0.29, 0.717) is 11.8 Å². The molecule has 0 aromatic heterocycles. The fourth-order valence-corrected chi connectivity index (χ4v) is 7.82. The van der Waals surface area contributed by atoms with Gasteiger partial charge in [-0.25, -0.2) is 0 Å². The number of fused-ring (bicyclic) bond motifs is 7. The Kier molecular flexibility index (Phi) is 4.20. The summed E-state index contributed by atoms with van der Waals surface area (Å²) >= 11 is 0. The van der Waals surface area contributed by atoms with Gasteiger partial charge in [-0.05, 0) is 48.8 Å². The van der Waals surface area contributed by atoms with Gasteiger partial charge in [0.25, 0.3) is 0 Å². The van der Waals surface area contributed by atoms with Gasteiger partial charge >= 0.3 is 0 Å². The highest BCUT2D eigenvalue weighted by Crippen LogP contribution is 2.62. The van der Waals surface area contributed by atoms with E-state index in [4.69, 9.17) is 4.99 Å². The smallest absolute Gasteiger partial charge is 0.188 e. The molecule has 0 bridgehead atoms. The van der Waals surface area contributed by atoms with E-state index in [9.17, 15) is 4.79 Å². The van der Waals surface area contributed by atoms with Crippen LogP contribution in [-0.2, 0) is 6.42 Å². The average molecular weight is 469 g/mol. The van der Waals surface area contributed by atoms with E-state index in [2.05, 4.69) is 65.6 Å². The van der Waals surface area contributed by atoms with Crippen molar-refractivity contribution < 1.29 is 4.79 Å². The van der Waals surface area contributed by atoms with Crippen molar-refractivity contribution in [3.05, 3.63) is 124 Å². The minimum atomic E-state index is -0.346. The van der Waals surface area contributed by atoms with E-state index in [0.717, 1.165) is 48.2 Å². The molecule has 5 aliphatic rings. The summed E-state index contributed by atoms with van der Waals surface area (Å²) in [6.07, 6.45) is 8.60. The molecule has 0 saturated heterocycles. The van der Waals surface area contributed by atoms with Crippen LogP contribution in [0.1, 0.15) is 70.6 Å². The zero-order valence-electron chi connectivity index (χ0n) is 20.3. The van der Waals surface area contributed by atoms with Crippen LogP contribution in [0.25, 0.3) is 5.70 Å². The van der Waals surface area contributed by atoms with E-state index >= 15 is 0 Å². The largest absolute Gasteiger partial charge is 0.313 e. The Bertz CT molecular complexity index is 1530. The summed E-state index contributed by atoms with van der Waals surface area (Å²) in [6.45, 7) is 0. The van der Waals surface area contributed by atoms with Crippen LogP contribution in [0.2, 0.25) is 0 Å². The van der Waals surface area contributed by atoms with Crippen molar-refractivity contribution in [3.63, 3.8) is 0 Å². The molecule has 2 aliphatic heterocycles. The van der Waals surface area contributed by atoms with Crippen LogP contribution in [0.3, 0.4) is 0 Å². The van der Waals surface area contributed by atoms with Gasteiger partial charge in [0, 0.05) is 34.6 Å². The summed E-state index contributed by atoms with van der Waals surface area (Å²) < 4.78 is 0. The molecule has 0 amide bonds. The predicted molar refractivity (Wildman–Crippen MR) is 143 cm³/mol. The summed E-state index contributed by atoms with van der Waals surface area (Å²) in [4.78, 5) is 21.6. The first kappa shape index (κ1) is 20.5.